The van der Waals surface area contributed by atoms with Gasteiger partial charge in [0.15, 0.2) is 0 Å². The van der Waals surface area contributed by atoms with Crippen LogP contribution in [-0.2, 0) is 6.18 Å². The van der Waals surface area contributed by atoms with Crippen molar-refractivity contribution in [2.24, 2.45) is 5.41 Å². The number of nitrogens with one attached hydrogen (secondary N) is 1. The summed E-state index contributed by atoms with van der Waals surface area (Å²) in [6.07, 6.45) is -3.22. The Morgan fingerprint density at radius 2 is 2.05 bits per heavy atom. The molecule has 0 saturated carbocycles. The lowest BCUT2D eigenvalue weighted by molar-refractivity contribution is -0.137. The monoisotopic (exact) mass is 317 g/mol. The smallest absolute Gasteiger partial charge is 0.307 e. The van der Waals surface area contributed by atoms with Gasteiger partial charge in [0.05, 0.1) is 5.56 Å². The van der Waals surface area contributed by atoms with E-state index in [0.29, 0.717) is 11.6 Å². The van der Waals surface area contributed by atoms with Gasteiger partial charge in [-0.15, -0.1) is 0 Å². The minimum Gasteiger partial charge on any atom is -0.307 e. The Labute approximate surface area is 128 Å². The number of halogens is 3. The first-order chi connectivity index (χ1) is 9.67. The third kappa shape index (κ3) is 4.65. The molecule has 2 rings (SSSR count). The van der Waals surface area contributed by atoms with E-state index < -0.39 is 11.7 Å². The second-order valence-corrected chi connectivity index (χ2v) is 7.62. The lowest BCUT2D eigenvalue weighted by Crippen LogP contribution is -2.41. The third-order valence-electron chi connectivity index (χ3n) is 3.81. The molecule has 0 amide bonds. The van der Waals surface area contributed by atoms with Crippen molar-refractivity contribution < 1.29 is 13.2 Å². The van der Waals surface area contributed by atoms with Crippen molar-refractivity contribution in [3.05, 3.63) is 35.4 Å². The molecule has 1 fully saturated rings. The molecule has 0 bridgehead atoms. The van der Waals surface area contributed by atoms with Gasteiger partial charge in [-0.05, 0) is 42.2 Å². The second kappa shape index (κ2) is 6.21. The third-order valence-corrected chi connectivity index (χ3v) is 5.43. The van der Waals surface area contributed by atoms with Gasteiger partial charge in [0.2, 0.25) is 0 Å². The van der Waals surface area contributed by atoms with E-state index in [-0.39, 0.29) is 11.5 Å². The highest BCUT2D eigenvalue weighted by molar-refractivity contribution is 7.99. The van der Waals surface area contributed by atoms with Gasteiger partial charge < -0.3 is 5.32 Å². The first kappa shape index (κ1) is 16.7. The van der Waals surface area contributed by atoms with Crippen LogP contribution in [-0.4, -0.2) is 17.5 Å². The Bertz CT molecular complexity index is 485. The fraction of sp³-hybridized carbons (Fsp3) is 0.625. The van der Waals surface area contributed by atoms with Gasteiger partial charge in [0.25, 0.3) is 0 Å². The van der Waals surface area contributed by atoms with Crippen molar-refractivity contribution >= 4 is 11.8 Å². The molecule has 1 aromatic rings. The minimum absolute atomic E-state index is 0.0770. The summed E-state index contributed by atoms with van der Waals surface area (Å²) >= 11 is 1.91. The molecule has 21 heavy (non-hydrogen) atoms. The first-order valence-corrected chi connectivity index (χ1v) is 8.34. The maximum absolute atomic E-state index is 12.8. The van der Waals surface area contributed by atoms with E-state index in [0.717, 1.165) is 24.0 Å². The Hall–Kier alpha value is -0.680. The Balaban J connectivity index is 2.05. The quantitative estimate of drug-likeness (QED) is 0.852. The molecule has 1 aliphatic rings. The van der Waals surface area contributed by atoms with Crippen molar-refractivity contribution in [2.45, 2.75) is 45.5 Å². The van der Waals surface area contributed by atoms with Crippen LogP contribution in [0.15, 0.2) is 24.3 Å². The standard InChI is InChI=1S/C16H22F3NS/c1-11(20-14-8-15(2,3)10-21-9-14)12-5-4-6-13(7-12)16(17,18)19/h4-7,11,14,20H,8-10H2,1-3H3. The SMILES string of the molecule is CC(NC1CSCC(C)(C)C1)c1cccc(C(F)(F)F)c1. The van der Waals surface area contributed by atoms with Crippen LogP contribution in [0.3, 0.4) is 0 Å². The average molecular weight is 317 g/mol. The van der Waals surface area contributed by atoms with Crippen LogP contribution in [0, 0.1) is 5.41 Å². The van der Waals surface area contributed by atoms with Crippen molar-refractivity contribution in [3.8, 4) is 0 Å². The summed E-state index contributed by atoms with van der Waals surface area (Å²) in [6.45, 7) is 6.41. The lowest BCUT2D eigenvalue weighted by atomic mass is 9.87. The Morgan fingerprint density at radius 3 is 2.67 bits per heavy atom. The van der Waals surface area contributed by atoms with Crippen molar-refractivity contribution in [1.29, 1.82) is 0 Å². The number of hydrogen-bond donors (Lipinski definition) is 1. The minimum atomic E-state index is -4.28. The average Bonchev–Trinajstić information content (AvgIpc) is 2.36. The lowest BCUT2D eigenvalue weighted by Gasteiger charge is -2.36. The van der Waals surface area contributed by atoms with Crippen LogP contribution in [0.5, 0.6) is 0 Å². The molecular weight excluding hydrogens is 295 g/mol. The number of thioether (sulfide) groups is 1. The molecular formula is C16H22F3NS. The number of alkyl halides is 3. The van der Waals surface area contributed by atoms with Crippen molar-refractivity contribution in [1.82, 2.24) is 5.32 Å². The van der Waals surface area contributed by atoms with Gasteiger partial charge in [0, 0.05) is 17.8 Å². The van der Waals surface area contributed by atoms with E-state index in [4.69, 9.17) is 0 Å². The predicted octanol–water partition coefficient (Wildman–Crippen LogP) is 4.89. The molecule has 1 nitrogen and oxygen atoms in total. The summed E-state index contributed by atoms with van der Waals surface area (Å²) < 4.78 is 38.3. The summed E-state index contributed by atoms with van der Waals surface area (Å²) in [5, 5.41) is 3.48. The van der Waals surface area contributed by atoms with Crippen LogP contribution >= 0.6 is 11.8 Å². The summed E-state index contributed by atoms with van der Waals surface area (Å²) in [4.78, 5) is 0. The molecule has 1 N–H and O–H groups in total. The molecule has 5 heteroatoms. The van der Waals surface area contributed by atoms with Gasteiger partial charge in [-0.1, -0.05) is 26.0 Å². The van der Waals surface area contributed by atoms with Gasteiger partial charge in [-0.3, -0.25) is 0 Å². The van der Waals surface area contributed by atoms with E-state index in [1.165, 1.54) is 12.1 Å². The molecule has 1 aliphatic heterocycles. The zero-order valence-corrected chi connectivity index (χ0v) is 13.4. The number of hydrogen-bond acceptors (Lipinski definition) is 2. The zero-order chi connectivity index (χ0) is 15.7. The van der Waals surface area contributed by atoms with E-state index >= 15 is 0 Å². The Kier molecular flexibility index (Phi) is 4.93. The van der Waals surface area contributed by atoms with Gasteiger partial charge in [-0.2, -0.15) is 24.9 Å². The maximum atomic E-state index is 12.8. The molecule has 1 heterocycles. The maximum Gasteiger partial charge on any atom is 0.416 e. The highest BCUT2D eigenvalue weighted by Crippen LogP contribution is 2.35. The zero-order valence-electron chi connectivity index (χ0n) is 12.6. The highest BCUT2D eigenvalue weighted by atomic mass is 32.2. The Morgan fingerprint density at radius 1 is 1.33 bits per heavy atom. The van der Waals surface area contributed by atoms with Gasteiger partial charge in [-0.25, -0.2) is 0 Å². The molecule has 0 spiro atoms. The van der Waals surface area contributed by atoms with Crippen molar-refractivity contribution in [3.63, 3.8) is 0 Å². The van der Waals surface area contributed by atoms with Crippen molar-refractivity contribution in [2.75, 3.05) is 11.5 Å². The van der Waals surface area contributed by atoms with E-state index in [1.807, 2.05) is 18.7 Å². The fourth-order valence-corrected chi connectivity index (χ4v) is 4.09. The van der Waals surface area contributed by atoms with E-state index in [1.54, 1.807) is 6.07 Å². The van der Waals surface area contributed by atoms with Crippen LogP contribution in [0.25, 0.3) is 0 Å². The largest absolute Gasteiger partial charge is 0.416 e. The van der Waals surface area contributed by atoms with Crippen LogP contribution in [0.4, 0.5) is 13.2 Å². The normalized spacial score (nSPS) is 23.8. The predicted molar refractivity (Wildman–Crippen MR) is 82.5 cm³/mol. The summed E-state index contributed by atoms with van der Waals surface area (Å²) in [5.41, 5.74) is 0.402. The van der Waals surface area contributed by atoms with Gasteiger partial charge >= 0.3 is 6.18 Å². The molecule has 2 atom stereocenters. The second-order valence-electron chi connectivity index (χ2n) is 6.59. The molecule has 0 radical (unpaired) electrons. The molecule has 0 aliphatic carbocycles. The van der Waals surface area contributed by atoms with Crippen LogP contribution in [0.1, 0.15) is 44.4 Å². The number of rotatable bonds is 3. The summed E-state index contributed by atoms with van der Waals surface area (Å²) in [7, 11) is 0. The molecule has 2 unspecified atom stereocenters. The van der Waals surface area contributed by atoms with Crippen LogP contribution in [0.2, 0.25) is 0 Å². The molecule has 0 aromatic heterocycles. The topological polar surface area (TPSA) is 12.0 Å². The van der Waals surface area contributed by atoms with Gasteiger partial charge in [0.1, 0.15) is 0 Å². The highest BCUT2D eigenvalue weighted by Gasteiger charge is 2.32. The summed E-state index contributed by atoms with van der Waals surface area (Å²) in [5.74, 6) is 2.16. The van der Waals surface area contributed by atoms with E-state index in [9.17, 15) is 13.2 Å². The fourth-order valence-electron chi connectivity index (χ4n) is 2.80. The molecule has 118 valence electrons. The number of benzene rings is 1. The molecule has 1 saturated heterocycles. The van der Waals surface area contributed by atoms with Crippen LogP contribution < -0.4 is 5.32 Å². The summed E-state index contributed by atoms with van der Waals surface area (Å²) in [6, 6.07) is 5.88. The first-order valence-electron chi connectivity index (χ1n) is 7.18. The van der Waals surface area contributed by atoms with E-state index in [2.05, 4.69) is 19.2 Å². The molecule has 1 aromatic carbocycles.